The van der Waals surface area contributed by atoms with Crippen molar-refractivity contribution in [2.45, 2.75) is 86.9 Å². The van der Waals surface area contributed by atoms with E-state index in [2.05, 4.69) is 39.8 Å². The lowest BCUT2D eigenvalue weighted by atomic mass is 9.99. The second kappa shape index (κ2) is 13.5. The Morgan fingerprint density at radius 2 is 1.88 bits per heavy atom. The van der Waals surface area contributed by atoms with Crippen LogP contribution in [0.3, 0.4) is 0 Å². The summed E-state index contributed by atoms with van der Waals surface area (Å²) in [5, 5.41) is 22.1. The minimum absolute atomic E-state index is 0.0809. The molecule has 1 aliphatic carbocycles. The fraction of sp³-hybridized carbons (Fsp3) is 0.905. The van der Waals surface area contributed by atoms with Crippen molar-refractivity contribution < 1.29 is 18.1 Å². The first-order valence-electron chi connectivity index (χ1n) is 11.5. The van der Waals surface area contributed by atoms with Crippen LogP contribution in [0.5, 0.6) is 0 Å². The molecule has 0 spiro atoms. The highest BCUT2D eigenvalue weighted by molar-refractivity contribution is 8.01. The van der Waals surface area contributed by atoms with Gasteiger partial charge < -0.3 is 21.1 Å². The van der Waals surface area contributed by atoms with Crippen LogP contribution in [-0.4, -0.2) is 75.6 Å². The summed E-state index contributed by atoms with van der Waals surface area (Å²) in [7, 11) is -1.74. The van der Waals surface area contributed by atoms with Crippen molar-refractivity contribution in [2.75, 3.05) is 32.8 Å². The third kappa shape index (κ3) is 10.3. The average molecular weight is 532 g/mol. The summed E-state index contributed by atoms with van der Waals surface area (Å²) in [5.74, 6) is -0.406. The molecule has 1 fully saturated rings. The van der Waals surface area contributed by atoms with Gasteiger partial charge in [-0.3, -0.25) is 5.32 Å². The summed E-state index contributed by atoms with van der Waals surface area (Å²) >= 11 is 7.46. The smallest absolute Gasteiger partial charge is 0.161 e. The highest BCUT2D eigenvalue weighted by Crippen LogP contribution is 2.32. The Kier molecular flexibility index (Phi) is 12.0. The van der Waals surface area contributed by atoms with Gasteiger partial charge in [0, 0.05) is 43.1 Å². The van der Waals surface area contributed by atoms with Crippen LogP contribution in [0.1, 0.15) is 53.4 Å². The van der Waals surface area contributed by atoms with Crippen LogP contribution in [0.2, 0.25) is 0 Å². The Morgan fingerprint density at radius 1 is 1.18 bits per heavy atom. The number of hydrogen-bond acceptors (Lipinski definition) is 7. The van der Waals surface area contributed by atoms with Crippen LogP contribution in [0.4, 0.5) is 8.78 Å². The summed E-state index contributed by atoms with van der Waals surface area (Å²) in [6.07, 6.45) is 2.16. The largest absolute Gasteiger partial charge is 0.394 e. The van der Waals surface area contributed by atoms with E-state index in [9.17, 15) is 18.1 Å². The maximum atomic E-state index is 14.6. The van der Waals surface area contributed by atoms with E-state index in [0.29, 0.717) is 0 Å². The molecule has 1 heterocycles. The first-order valence-corrected chi connectivity index (χ1v) is 14.0. The lowest BCUT2D eigenvalue weighted by Gasteiger charge is -2.32. The van der Waals surface area contributed by atoms with Gasteiger partial charge in [-0.25, -0.2) is 17.7 Å². The first-order chi connectivity index (χ1) is 15.4. The van der Waals surface area contributed by atoms with Gasteiger partial charge in [0.05, 0.1) is 16.9 Å². The van der Waals surface area contributed by atoms with Crippen molar-refractivity contribution in [1.82, 2.24) is 26.0 Å². The molecule has 1 aliphatic heterocycles. The quantitative estimate of drug-likeness (QED) is 0.151. The fourth-order valence-electron chi connectivity index (χ4n) is 3.47. The lowest BCUT2D eigenvalue weighted by molar-refractivity contribution is 0.177. The number of allylic oxidation sites excluding steroid dienone is 1. The van der Waals surface area contributed by atoms with Crippen LogP contribution in [0.15, 0.2) is 10.7 Å². The third-order valence-corrected chi connectivity index (χ3v) is 8.63. The minimum Gasteiger partial charge on any atom is -0.394 e. The number of thioether (sulfide) groups is 1. The monoisotopic (exact) mass is 531 g/mol. The zero-order valence-corrected chi connectivity index (χ0v) is 22.4. The molecule has 7 nitrogen and oxygen atoms in total. The van der Waals surface area contributed by atoms with Gasteiger partial charge in [-0.05, 0) is 53.6 Å². The Balaban J connectivity index is 1.66. The number of rotatable bonds is 14. The molecule has 0 bridgehead atoms. The summed E-state index contributed by atoms with van der Waals surface area (Å²) in [6, 6.07) is -0.212. The molecule has 194 valence electrons. The number of halogens is 3. The fourth-order valence-corrected chi connectivity index (χ4v) is 6.09. The molecule has 1 unspecified atom stereocenters. The normalized spacial score (nSPS) is 27.9. The predicted octanol–water partition coefficient (Wildman–Crippen LogP) is 2.20. The molecular formula is C21H40ClF2N5O2S2. The Bertz CT molecular complexity index is 687. The van der Waals surface area contributed by atoms with Crippen LogP contribution in [0, 0.1) is 0 Å². The summed E-state index contributed by atoms with van der Waals surface area (Å²) in [5.41, 5.74) is -1.97. The number of hydrogen-bond donors (Lipinski definition) is 6. The van der Waals surface area contributed by atoms with E-state index in [-0.39, 0.29) is 53.4 Å². The van der Waals surface area contributed by atoms with E-state index in [1.165, 1.54) is 0 Å². The summed E-state index contributed by atoms with van der Waals surface area (Å²) in [4.78, 5) is 0.169. The molecule has 5 atom stereocenters. The van der Waals surface area contributed by atoms with Crippen molar-refractivity contribution in [3.8, 4) is 0 Å². The molecule has 2 rings (SSSR count). The zero-order valence-electron chi connectivity index (χ0n) is 20.0. The SMILES string of the molecule is CC(C)(CO)NCC(C)(C)NCCCCN[C@H]1CC(F)=C(S(=O)N[C@@H]2NC[C@H](F)S2)C[C@H]1Cl. The van der Waals surface area contributed by atoms with Gasteiger partial charge in [0.2, 0.25) is 0 Å². The molecule has 0 aromatic heterocycles. The van der Waals surface area contributed by atoms with Gasteiger partial charge in [-0.15, -0.1) is 11.6 Å². The van der Waals surface area contributed by atoms with E-state index >= 15 is 0 Å². The maximum absolute atomic E-state index is 14.6. The second-order valence-corrected chi connectivity index (χ2v) is 13.0. The van der Waals surface area contributed by atoms with E-state index in [1.54, 1.807) is 0 Å². The predicted molar refractivity (Wildman–Crippen MR) is 135 cm³/mol. The van der Waals surface area contributed by atoms with Crippen LogP contribution < -0.4 is 26.0 Å². The van der Waals surface area contributed by atoms with Crippen molar-refractivity contribution in [1.29, 1.82) is 0 Å². The number of aliphatic hydroxyl groups is 1. The summed E-state index contributed by atoms with van der Waals surface area (Å²) < 4.78 is 43.1. The Morgan fingerprint density at radius 3 is 2.52 bits per heavy atom. The zero-order chi connectivity index (χ0) is 24.6. The highest BCUT2D eigenvalue weighted by Gasteiger charge is 2.33. The van der Waals surface area contributed by atoms with Crippen LogP contribution >= 0.6 is 23.4 Å². The molecule has 2 aliphatic rings. The van der Waals surface area contributed by atoms with E-state index < -0.39 is 27.8 Å². The first kappa shape index (κ1) is 29.4. The molecule has 0 aromatic carbocycles. The number of unbranched alkanes of at least 4 members (excludes halogenated alkanes) is 1. The van der Waals surface area contributed by atoms with Gasteiger partial charge in [0.15, 0.2) is 5.50 Å². The van der Waals surface area contributed by atoms with Crippen LogP contribution in [0.25, 0.3) is 0 Å². The molecule has 0 radical (unpaired) electrons. The Hall–Kier alpha value is 0.150. The van der Waals surface area contributed by atoms with Crippen LogP contribution in [-0.2, 0) is 11.0 Å². The van der Waals surface area contributed by atoms with E-state index in [1.807, 2.05) is 13.8 Å². The highest BCUT2D eigenvalue weighted by atomic mass is 35.5. The van der Waals surface area contributed by atoms with Crippen molar-refractivity contribution in [3.05, 3.63) is 10.7 Å². The minimum atomic E-state index is -1.74. The van der Waals surface area contributed by atoms with E-state index in [0.717, 1.165) is 44.2 Å². The lowest BCUT2D eigenvalue weighted by Crippen LogP contribution is -2.54. The van der Waals surface area contributed by atoms with E-state index in [4.69, 9.17) is 11.6 Å². The van der Waals surface area contributed by atoms with Gasteiger partial charge in [-0.2, -0.15) is 0 Å². The van der Waals surface area contributed by atoms with Gasteiger partial charge in [0.25, 0.3) is 0 Å². The molecular weight excluding hydrogens is 492 g/mol. The average Bonchev–Trinajstić information content (AvgIpc) is 3.15. The number of aliphatic hydroxyl groups excluding tert-OH is 1. The summed E-state index contributed by atoms with van der Waals surface area (Å²) in [6.45, 7) is 10.7. The number of alkyl halides is 2. The topological polar surface area (TPSA) is 97.5 Å². The van der Waals surface area contributed by atoms with Crippen molar-refractivity contribution in [3.63, 3.8) is 0 Å². The van der Waals surface area contributed by atoms with Gasteiger partial charge >= 0.3 is 0 Å². The molecule has 33 heavy (non-hydrogen) atoms. The molecule has 0 saturated carbocycles. The van der Waals surface area contributed by atoms with Gasteiger partial charge in [-0.1, -0.05) is 11.8 Å². The molecule has 0 amide bonds. The van der Waals surface area contributed by atoms with Crippen molar-refractivity contribution >= 4 is 34.3 Å². The molecule has 0 aromatic rings. The van der Waals surface area contributed by atoms with Gasteiger partial charge in [0.1, 0.15) is 22.3 Å². The Labute approximate surface area is 208 Å². The second-order valence-electron chi connectivity index (χ2n) is 9.95. The third-order valence-electron chi connectivity index (χ3n) is 5.72. The number of nitrogens with one attached hydrogen (secondary N) is 5. The molecule has 1 saturated heterocycles. The van der Waals surface area contributed by atoms with Crippen molar-refractivity contribution in [2.24, 2.45) is 0 Å². The molecule has 12 heteroatoms. The maximum Gasteiger partial charge on any atom is 0.161 e. The molecule has 6 N–H and O–H groups in total. The standard InChI is InChI=1S/C21H40ClF2N5O2S2/c1-20(2,12-28-21(3,4)13-30)27-8-6-5-7-25-16-10-15(23)17(9-14(16)22)33(31)29-19-26-11-18(24)32-19/h14,16,18-19,25-30H,5-13H2,1-4H3/t14-,16+,18-,19+,33?/m1/s1.